The van der Waals surface area contributed by atoms with Crippen molar-refractivity contribution in [3.05, 3.63) is 44.9 Å². The zero-order valence-electron chi connectivity index (χ0n) is 21.4. The van der Waals surface area contributed by atoms with Gasteiger partial charge in [-0.15, -0.1) is 22.7 Å². The normalized spacial score (nSPS) is 22.4. The number of thiazole rings is 1. The highest BCUT2D eigenvalue weighted by Gasteiger charge is 2.40. The van der Waals surface area contributed by atoms with Crippen LogP contribution in [0.3, 0.4) is 0 Å². The fraction of sp³-hybridized carbons (Fsp3) is 0.480. The Morgan fingerprint density at radius 2 is 1.95 bits per heavy atom. The van der Waals surface area contributed by atoms with Gasteiger partial charge in [-0.1, -0.05) is 17.7 Å². The molecule has 3 aliphatic rings. The van der Waals surface area contributed by atoms with E-state index >= 15 is 0 Å². The third kappa shape index (κ3) is 5.51. The molecular weight excluding hydrogens is 598 g/mol. The van der Waals surface area contributed by atoms with Gasteiger partial charge in [-0.2, -0.15) is 4.31 Å². The molecule has 0 aliphatic carbocycles. The molecule has 2 amide bonds. The number of rotatable bonds is 5. The number of nitrogens with zero attached hydrogens (tertiary/aromatic N) is 4. The molecule has 0 saturated carbocycles. The molecule has 2 atom stereocenters. The number of carbonyl (C=O) groups excluding carboxylic acids is 2. The van der Waals surface area contributed by atoms with Gasteiger partial charge in [0.05, 0.1) is 24.9 Å². The highest BCUT2D eigenvalue weighted by atomic mass is 35.5. The number of aromatic nitrogens is 1. The number of halogens is 1. The second-order valence-corrected chi connectivity index (χ2v) is 14.7. The van der Waals surface area contributed by atoms with Crippen molar-refractivity contribution >= 4 is 66.2 Å². The van der Waals surface area contributed by atoms with Crippen molar-refractivity contribution in [2.24, 2.45) is 0 Å². The maximum atomic E-state index is 13.7. The second-order valence-electron chi connectivity index (χ2n) is 9.95. The number of sulfonamides is 1. The molecule has 2 saturated heterocycles. The van der Waals surface area contributed by atoms with Crippen LogP contribution in [0.4, 0.5) is 0 Å². The topological polar surface area (TPSA) is 132 Å². The zero-order chi connectivity index (χ0) is 28.0. The predicted molar refractivity (Wildman–Crippen MR) is 151 cm³/mol. The van der Waals surface area contributed by atoms with E-state index in [2.05, 4.69) is 10.3 Å². The van der Waals surface area contributed by atoms with Gasteiger partial charge in [-0.25, -0.2) is 13.4 Å². The number of benzene rings is 1. The minimum Gasteiger partial charge on any atom is -0.378 e. The summed E-state index contributed by atoms with van der Waals surface area (Å²) in [7, 11) is -3.88. The summed E-state index contributed by atoms with van der Waals surface area (Å²) >= 11 is 8.52. The van der Waals surface area contributed by atoms with E-state index in [0.29, 0.717) is 50.0 Å². The standard InChI is InChI=1S/C25H28ClN5O6S3/c26-16-2-1-15-9-23(38-19(15)10-16)40(35,36)30-3-4-31(17(14-30)11-22(33)29-5-7-37-8-6-29)25(34)24-28-18-12-21(32)27-13-20(18)39-24/h1-2,9-10,17,21,27,32H,3-8,11-14H2. The van der Waals surface area contributed by atoms with Crippen LogP contribution < -0.4 is 5.32 Å². The van der Waals surface area contributed by atoms with Crippen molar-refractivity contribution in [2.75, 3.05) is 45.9 Å². The molecule has 40 heavy (non-hydrogen) atoms. The lowest BCUT2D eigenvalue weighted by Crippen LogP contribution is -2.58. The van der Waals surface area contributed by atoms with Crippen molar-refractivity contribution in [1.29, 1.82) is 0 Å². The molecule has 15 heteroatoms. The summed E-state index contributed by atoms with van der Waals surface area (Å²) in [6.45, 7) is 2.44. The smallest absolute Gasteiger partial charge is 0.283 e. The number of aliphatic hydroxyl groups excluding tert-OH is 1. The van der Waals surface area contributed by atoms with Gasteiger partial charge in [-0.05, 0) is 23.6 Å². The van der Waals surface area contributed by atoms with E-state index in [-0.39, 0.29) is 47.1 Å². The Bertz CT molecular complexity index is 1550. The van der Waals surface area contributed by atoms with Crippen LogP contribution in [0.15, 0.2) is 28.5 Å². The number of fused-ring (bicyclic) bond motifs is 2. The molecule has 0 radical (unpaired) electrons. The molecule has 2 aromatic heterocycles. The van der Waals surface area contributed by atoms with Crippen molar-refractivity contribution in [3.8, 4) is 0 Å². The van der Waals surface area contributed by atoms with Crippen LogP contribution in [0.1, 0.15) is 26.8 Å². The Morgan fingerprint density at radius 1 is 1.15 bits per heavy atom. The fourth-order valence-electron chi connectivity index (χ4n) is 5.23. The average molecular weight is 626 g/mol. The number of morpholine rings is 1. The zero-order valence-corrected chi connectivity index (χ0v) is 24.6. The van der Waals surface area contributed by atoms with Crippen LogP contribution in [-0.4, -0.2) is 103 Å². The number of hydrogen-bond donors (Lipinski definition) is 2. The van der Waals surface area contributed by atoms with E-state index in [9.17, 15) is 23.1 Å². The first-order valence-corrected chi connectivity index (χ1v) is 16.4. The highest BCUT2D eigenvalue weighted by molar-refractivity contribution is 7.91. The maximum Gasteiger partial charge on any atom is 0.283 e. The van der Waals surface area contributed by atoms with E-state index < -0.39 is 22.3 Å². The monoisotopic (exact) mass is 625 g/mol. The molecular formula is C25H28ClN5O6S3. The van der Waals surface area contributed by atoms with Crippen LogP contribution in [0.5, 0.6) is 0 Å². The van der Waals surface area contributed by atoms with E-state index in [1.165, 1.54) is 15.6 Å². The van der Waals surface area contributed by atoms with Gasteiger partial charge in [0.25, 0.3) is 15.9 Å². The van der Waals surface area contributed by atoms with Crippen LogP contribution in [-0.2, 0) is 32.5 Å². The summed E-state index contributed by atoms with van der Waals surface area (Å²) in [5, 5.41) is 14.5. The number of nitrogens with one attached hydrogen (secondary N) is 1. The van der Waals surface area contributed by atoms with E-state index in [4.69, 9.17) is 16.3 Å². The van der Waals surface area contributed by atoms with Crippen LogP contribution >= 0.6 is 34.3 Å². The Morgan fingerprint density at radius 3 is 2.75 bits per heavy atom. The molecule has 1 aromatic carbocycles. The molecule has 2 fully saturated rings. The molecule has 0 spiro atoms. The quantitative estimate of drug-likeness (QED) is 0.438. The summed E-state index contributed by atoms with van der Waals surface area (Å²) in [6.07, 6.45) is -0.412. The van der Waals surface area contributed by atoms with Crippen LogP contribution in [0.25, 0.3) is 10.1 Å². The molecule has 214 valence electrons. The van der Waals surface area contributed by atoms with Crippen molar-refractivity contribution in [3.63, 3.8) is 0 Å². The van der Waals surface area contributed by atoms with E-state index in [0.717, 1.165) is 26.3 Å². The summed E-state index contributed by atoms with van der Waals surface area (Å²) < 4.78 is 35.2. The van der Waals surface area contributed by atoms with Crippen LogP contribution in [0, 0.1) is 0 Å². The van der Waals surface area contributed by atoms with Gasteiger partial charge in [0.1, 0.15) is 10.4 Å². The van der Waals surface area contributed by atoms with Gasteiger partial charge in [0, 0.05) is 66.7 Å². The second kappa shape index (κ2) is 11.2. The summed E-state index contributed by atoms with van der Waals surface area (Å²) in [5.41, 5.74) is 0.687. The Hall–Kier alpha value is -2.17. The Balaban J connectivity index is 1.27. The minimum absolute atomic E-state index is 0.00879. The molecule has 6 rings (SSSR count). The Kier molecular flexibility index (Phi) is 7.87. The number of thiophene rings is 1. The lowest BCUT2D eigenvalue weighted by Gasteiger charge is -2.41. The number of ether oxygens (including phenoxy) is 1. The molecule has 2 unspecified atom stereocenters. The first kappa shape index (κ1) is 28.0. The average Bonchev–Trinajstić information content (AvgIpc) is 3.57. The van der Waals surface area contributed by atoms with Crippen molar-refractivity contribution in [1.82, 2.24) is 24.4 Å². The SMILES string of the molecule is O=C(CC1CN(S(=O)(=O)c2cc3ccc(Cl)cc3s2)CCN1C(=O)c1nc2c(s1)CNC(O)C2)N1CCOCC1. The van der Waals surface area contributed by atoms with Crippen molar-refractivity contribution in [2.45, 2.75) is 35.9 Å². The first-order valence-electron chi connectivity index (χ1n) is 12.9. The molecule has 5 heterocycles. The summed E-state index contributed by atoms with van der Waals surface area (Å²) in [6, 6.07) is 6.22. The van der Waals surface area contributed by atoms with Crippen LogP contribution in [0.2, 0.25) is 5.02 Å². The van der Waals surface area contributed by atoms with E-state index in [1.54, 1.807) is 34.1 Å². The largest absolute Gasteiger partial charge is 0.378 e. The lowest BCUT2D eigenvalue weighted by molar-refractivity contribution is -0.136. The first-order chi connectivity index (χ1) is 19.2. The molecule has 2 N–H and O–H groups in total. The van der Waals surface area contributed by atoms with Gasteiger partial charge < -0.3 is 19.6 Å². The van der Waals surface area contributed by atoms with E-state index in [1.807, 2.05) is 0 Å². The van der Waals surface area contributed by atoms with Gasteiger partial charge in [0.2, 0.25) is 5.91 Å². The van der Waals surface area contributed by atoms with Gasteiger partial charge in [0.15, 0.2) is 5.01 Å². The number of aliphatic hydroxyl groups is 1. The predicted octanol–water partition coefficient (Wildman–Crippen LogP) is 1.74. The number of amides is 2. The third-order valence-corrected chi connectivity index (χ3v) is 12.1. The highest BCUT2D eigenvalue weighted by Crippen LogP contribution is 2.34. The molecule has 3 aromatic rings. The molecule has 0 bridgehead atoms. The summed E-state index contributed by atoms with van der Waals surface area (Å²) in [5.74, 6) is -0.477. The van der Waals surface area contributed by atoms with Gasteiger partial charge >= 0.3 is 0 Å². The molecule has 11 nitrogen and oxygen atoms in total. The van der Waals surface area contributed by atoms with Crippen molar-refractivity contribution < 1.29 is 27.9 Å². The maximum absolute atomic E-state index is 13.7. The number of carbonyl (C=O) groups is 2. The minimum atomic E-state index is -3.88. The Labute approximate surface area is 244 Å². The molecule has 3 aliphatic heterocycles. The number of piperazine rings is 1. The van der Waals surface area contributed by atoms with Gasteiger partial charge in [-0.3, -0.25) is 14.9 Å². The summed E-state index contributed by atoms with van der Waals surface area (Å²) in [4.78, 5) is 35.6. The third-order valence-electron chi connectivity index (χ3n) is 7.38. The fourth-order valence-corrected chi connectivity index (χ4v) is 9.52. The number of hydrogen-bond acceptors (Lipinski definition) is 10. The lowest BCUT2D eigenvalue weighted by atomic mass is 10.1.